The van der Waals surface area contributed by atoms with Gasteiger partial charge in [-0.15, -0.1) is 0 Å². The number of para-hydroxylation sites is 1. The number of furan rings is 1. The first-order valence-corrected chi connectivity index (χ1v) is 13.5. The number of benzene rings is 2. The summed E-state index contributed by atoms with van der Waals surface area (Å²) in [6, 6.07) is 17.3. The van der Waals surface area contributed by atoms with Crippen LogP contribution in [0.5, 0.6) is 0 Å². The number of amides is 1. The maximum absolute atomic E-state index is 13.6. The fourth-order valence-electron chi connectivity index (χ4n) is 4.16. The van der Waals surface area contributed by atoms with Gasteiger partial charge in [0.25, 0.3) is 5.91 Å². The molecule has 2 atom stereocenters. The van der Waals surface area contributed by atoms with Crippen molar-refractivity contribution >= 4 is 42.6 Å². The first-order chi connectivity index (χ1) is 16.8. The minimum atomic E-state index is -3.70. The molecule has 35 heavy (non-hydrogen) atoms. The highest BCUT2D eigenvalue weighted by atomic mass is 32.2. The highest BCUT2D eigenvalue weighted by molar-refractivity contribution is 7.89. The number of aromatic nitrogens is 1. The van der Waals surface area contributed by atoms with Crippen LogP contribution in [-0.2, 0) is 21.3 Å². The van der Waals surface area contributed by atoms with Crippen molar-refractivity contribution in [3.8, 4) is 0 Å². The number of fused-ring (bicyclic) bond motifs is 1. The van der Waals surface area contributed by atoms with Crippen molar-refractivity contribution < 1.29 is 22.4 Å². The van der Waals surface area contributed by atoms with Gasteiger partial charge in [-0.1, -0.05) is 23.5 Å². The maximum atomic E-state index is 13.6. The molecule has 1 saturated heterocycles. The van der Waals surface area contributed by atoms with Gasteiger partial charge in [0.15, 0.2) is 5.13 Å². The van der Waals surface area contributed by atoms with E-state index in [2.05, 4.69) is 4.98 Å². The summed E-state index contributed by atoms with van der Waals surface area (Å²) in [5.74, 6) is 0.324. The van der Waals surface area contributed by atoms with Crippen LogP contribution in [0.15, 0.2) is 76.2 Å². The van der Waals surface area contributed by atoms with Crippen LogP contribution in [0.25, 0.3) is 10.2 Å². The zero-order valence-electron chi connectivity index (χ0n) is 19.3. The van der Waals surface area contributed by atoms with Crippen LogP contribution < -0.4 is 4.90 Å². The molecule has 2 aromatic carbocycles. The van der Waals surface area contributed by atoms with E-state index in [9.17, 15) is 13.2 Å². The van der Waals surface area contributed by atoms with E-state index in [-0.39, 0.29) is 29.6 Å². The Hall–Kier alpha value is -3.05. The number of sulfonamides is 1. The average molecular weight is 512 g/mol. The Bertz CT molecular complexity index is 1390. The molecular formula is C25H25N3O5S2. The van der Waals surface area contributed by atoms with Crippen molar-refractivity contribution in [2.45, 2.75) is 37.5 Å². The molecule has 2 aromatic heterocycles. The molecule has 0 N–H and O–H groups in total. The molecule has 1 amide bonds. The topological polar surface area (TPSA) is 93.0 Å². The number of hydrogen-bond donors (Lipinski definition) is 0. The van der Waals surface area contributed by atoms with Crippen molar-refractivity contribution in [1.29, 1.82) is 0 Å². The first kappa shape index (κ1) is 23.7. The van der Waals surface area contributed by atoms with Gasteiger partial charge < -0.3 is 9.15 Å². The summed E-state index contributed by atoms with van der Waals surface area (Å²) in [7, 11) is -3.70. The third-order valence-electron chi connectivity index (χ3n) is 5.78. The summed E-state index contributed by atoms with van der Waals surface area (Å²) >= 11 is 1.41. The lowest BCUT2D eigenvalue weighted by molar-refractivity contribution is -0.0440. The van der Waals surface area contributed by atoms with E-state index in [1.807, 2.05) is 38.1 Å². The summed E-state index contributed by atoms with van der Waals surface area (Å²) in [5, 5.41) is 0.542. The Morgan fingerprint density at radius 3 is 2.43 bits per heavy atom. The SMILES string of the molecule is CC1CN(S(=O)(=O)c2ccc(C(=O)N(Cc3ccco3)c3nc4ccccc4s3)cc2)CC(C)O1. The minimum Gasteiger partial charge on any atom is -0.467 e. The van der Waals surface area contributed by atoms with Crippen LogP contribution in [0.2, 0.25) is 0 Å². The van der Waals surface area contributed by atoms with Crippen molar-refractivity contribution in [2.75, 3.05) is 18.0 Å². The summed E-state index contributed by atoms with van der Waals surface area (Å²) < 4.78 is 39.9. The number of thiazole rings is 1. The van der Waals surface area contributed by atoms with Gasteiger partial charge in [0, 0.05) is 18.7 Å². The molecule has 0 aliphatic carbocycles. The molecule has 0 spiro atoms. The summed E-state index contributed by atoms with van der Waals surface area (Å²) in [4.78, 5) is 19.9. The second-order valence-electron chi connectivity index (χ2n) is 8.54. The van der Waals surface area contributed by atoms with Crippen LogP contribution in [0, 0.1) is 0 Å². The number of morpholine rings is 1. The Morgan fingerprint density at radius 1 is 1.06 bits per heavy atom. The number of nitrogens with zero attached hydrogens (tertiary/aromatic N) is 3. The van der Waals surface area contributed by atoms with E-state index in [4.69, 9.17) is 9.15 Å². The van der Waals surface area contributed by atoms with Gasteiger partial charge in [0.1, 0.15) is 5.76 Å². The smallest absolute Gasteiger partial charge is 0.260 e. The molecule has 2 unspecified atom stereocenters. The van der Waals surface area contributed by atoms with E-state index in [0.717, 1.165) is 10.2 Å². The monoisotopic (exact) mass is 511 g/mol. The Morgan fingerprint density at radius 2 is 1.77 bits per heavy atom. The molecule has 5 rings (SSSR count). The zero-order valence-corrected chi connectivity index (χ0v) is 21.0. The van der Waals surface area contributed by atoms with Gasteiger partial charge in [-0.3, -0.25) is 9.69 Å². The van der Waals surface area contributed by atoms with Crippen molar-refractivity contribution in [3.05, 3.63) is 78.3 Å². The molecule has 1 fully saturated rings. The summed E-state index contributed by atoms with van der Waals surface area (Å²) in [6.45, 7) is 4.50. The zero-order chi connectivity index (χ0) is 24.6. The largest absolute Gasteiger partial charge is 0.467 e. The van der Waals surface area contributed by atoms with Gasteiger partial charge >= 0.3 is 0 Å². The Kier molecular flexibility index (Phi) is 6.45. The molecule has 3 heterocycles. The lowest BCUT2D eigenvalue weighted by Crippen LogP contribution is -2.48. The number of carbonyl (C=O) groups is 1. The van der Waals surface area contributed by atoms with E-state index in [1.54, 1.807) is 35.4 Å². The lowest BCUT2D eigenvalue weighted by atomic mass is 10.2. The molecule has 4 aromatic rings. The highest BCUT2D eigenvalue weighted by Crippen LogP contribution is 2.31. The molecular weight excluding hydrogens is 486 g/mol. The second-order valence-corrected chi connectivity index (χ2v) is 11.5. The molecule has 0 radical (unpaired) electrons. The molecule has 1 aliphatic rings. The number of anilines is 1. The van der Waals surface area contributed by atoms with Crippen LogP contribution in [0.3, 0.4) is 0 Å². The average Bonchev–Trinajstić information content (AvgIpc) is 3.51. The van der Waals surface area contributed by atoms with Crippen LogP contribution in [-0.4, -0.2) is 48.9 Å². The highest BCUT2D eigenvalue weighted by Gasteiger charge is 2.32. The maximum Gasteiger partial charge on any atom is 0.260 e. The number of hydrogen-bond acceptors (Lipinski definition) is 7. The van der Waals surface area contributed by atoms with Crippen molar-refractivity contribution in [3.63, 3.8) is 0 Å². The minimum absolute atomic E-state index is 0.146. The Labute approximate surface area is 207 Å². The van der Waals surface area contributed by atoms with Crippen molar-refractivity contribution in [2.24, 2.45) is 0 Å². The third kappa shape index (κ3) is 4.87. The van der Waals surface area contributed by atoms with E-state index in [1.165, 1.54) is 27.8 Å². The predicted octanol–water partition coefficient (Wildman–Crippen LogP) is 4.53. The van der Waals surface area contributed by atoms with Crippen LogP contribution in [0.1, 0.15) is 30.0 Å². The van der Waals surface area contributed by atoms with Gasteiger partial charge in [-0.05, 0) is 62.4 Å². The standard InChI is InChI=1S/C25H25N3O5S2/c1-17-14-27(15-18(2)33-17)35(30,31)21-11-9-19(10-12-21)24(29)28(16-20-6-5-13-32-20)25-26-22-7-3-4-8-23(22)34-25/h3-13,17-18H,14-16H2,1-2H3. The lowest BCUT2D eigenvalue weighted by Gasteiger charge is -2.34. The normalized spacial score (nSPS) is 19.1. The van der Waals surface area contributed by atoms with Crippen molar-refractivity contribution in [1.82, 2.24) is 9.29 Å². The molecule has 0 saturated carbocycles. The van der Waals surface area contributed by atoms with Gasteiger partial charge in [0.2, 0.25) is 10.0 Å². The summed E-state index contributed by atoms with van der Waals surface area (Å²) in [5.41, 5.74) is 1.17. The van der Waals surface area contributed by atoms with Crippen LogP contribution in [0.4, 0.5) is 5.13 Å². The summed E-state index contributed by atoms with van der Waals surface area (Å²) in [6.07, 6.45) is 1.19. The molecule has 8 nitrogen and oxygen atoms in total. The number of carbonyl (C=O) groups excluding carboxylic acids is 1. The van der Waals surface area contributed by atoms with Crippen LogP contribution >= 0.6 is 11.3 Å². The number of rotatable bonds is 6. The predicted molar refractivity (Wildman–Crippen MR) is 134 cm³/mol. The molecule has 10 heteroatoms. The fraction of sp³-hybridized carbons (Fsp3) is 0.280. The van der Waals surface area contributed by atoms with Gasteiger partial charge in [0.05, 0.1) is 40.1 Å². The quantitative estimate of drug-likeness (QED) is 0.378. The van der Waals surface area contributed by atoms with Gasteiger partial charge in [-0.2, -0.15) is 4.31 Å². The Balaban J connectivity index is 1.43. The van der Waals surface area contributed by atoms with E-state index in [0.29, 0.717) is 29.5 Å². The van der Waals surface area contributed by atoms with Gasteiger partial charge in [-0.25, -0.2) is 13.4 Å². The van der Waals surface area contributed by atoms with E-state index >= 15 is 0 Å². The number of ether oxygens (including phenoxy) is 1. The first-order valence-electron chi connectivity index (χ1n) is 11.3. The fourth-order valence-corrected chi connectivity index (χ4v) is 6.72. The van der Waals surface area contributed by atoms with E-state index < -0.39 is 10.0 Å². The molecule has 1 aliphatic heterocycles. The third-order valence-corrected chi connectivity index (χ3v) is 8.68. The second kappa shape index (κ2) is 9.54. The molecule has 0 bridgehead atoms. The molecule has 182 valence electrons.